The van der Waals surface area contributed by atoms with Gasteiger partial charge in [0.05, 0.1) is 18.2 Å². The summed E-state index contributed by atoms with van der Waals surface area (Å²) in [4.78, 5) is 28.7. The standard InChI is InChI=1S/C20H17N3O3/c1-26-18-9-7-17(8-10-18)23-20(25)15-11-14(12-21-13-15)19(24)22-16-5-3-2-4-6-16/h2-13H,1H3,(H,22,24)(H,23,25). The van der Waals surface area contributed by atoms with E-state index in [1.807, 2.05) is 18.2 Å². The Hall–Kier alpha value is -3.67. The van der Waals surface area contributed by atoms with E-state index in [0.29, 0.717) is 28.3 Å². The van der Waals surface area contributed by atoms with Crippen molar-refractivity contribution in [2.45, 2.75) is 0 Å². The second-order valence-corrected chi connectivity index (χ2v) is 5.47. The molecule has 26 heavy (non-hydrogen) atoms. The topological polar surface area (TPSA) is 80.3 Å². The number of para-hydroxylation sites is 1. The van der Waals surface area contributed by atoms with Gasteiger partial charge in [-0.2, -0.15) is 0 Å². The van der Waals surface area contributed by atoms with Gasteiger partial charge in [0.1, 0.15) is 5.75 Å². The van der Waals surface area contributed by atoms with Crippen LogP contribution in [0.3, 0.4) is 0 Å². The second kappa shape index (κ2) is 7.94. The minimum Gasteiger partial charge on any atom is -0.497 e. The molecule has 0 saturated heterocycles. The highest BCUT2D eigenvalue weighted by Gasteiger charge is 2.12. The molecule has 1 heterocycles. The zero-order chi connectivity index (χ0) is 18.4. The molecule has 6 heteroatoms. The van der Waals surface area contributed by atoms with Crippen LogP contribution in [-0.2, 0) is 0 Å². The van der Waals surface area contributed by atoms with Crippen LogP contribution in [0.25, 0.3) is 0 Å². The van der Waals surface area contributed by atoms with Crippen molar-refractivity contribution >= 4 is 23.2 Å². The number of pyridine rings is 1. The zero-order valence-electron chi connectivity index (χ0n) is 14.1. The van der Waals surface area contributed by atoms with E-state index in [1.54, 1.807) is 43.5 Å². The first-order chi connectivity index (χ1) is 12.7. The fourth-order valence-electron chi connectivity index (χ4n) is 2.29. The van der Waals surface area contributed by atoms with Gasteiger partial charge in [-0.05, 0) is 42.5 Å². The predicted octanol–water partition coefficient (Wildman–Crippen LogP) is 3.59. The van der Waals surface area contributed by atoms with Crippen LogP contribution in [0.15, 0.2) is 73.1 Å². The van der Waals surface area contributed by atoms with E-state index in [0.717, 1.165) is 0 Å². The lowest BCUT2D eigenvalue weighted by Gasteiger charge is -2.08. The van der Waals surface area contributed by atoms with Crippen LogP contribution < -0.4 is 15.4 Å². The quantitative estimate of drug-likeness (QED) is 0.739. The van der Waals surface area contributed by atoms with Gasteiger partial charge in [0, 0.05) is 23.8 Å². The van der Waals surface area contributed by atoms with Gasteiger partial charge in [0.2, 0.25) is 0 Å². The van der Waals surface area contributed by atoms with Crippen LogP contribution in [0, 0.1) is 0 Å². The highest BCUT2D eigenvalue weighted by molar-refractivity contribution is 6.08. The molecule has 6 nitrogen and oxygen atoms in total. The maximum Gasteiger partial charge on any atom is 0.257 e. The minimum atomic E-state index is -0.350. The number of benzene rings is 2. The van der Waals surface area contributed by atoms with Crippen molar-refractivity contribution < 1.29 is 14.3 Å². The van der Waals surface area contributed by atoms with Gasteiger partial charge in [0.15, 0.2) is 0 Å². The van der Waals surface area contributed by atoms with Crippen LogP contribution in [0.1, 0.15) is 20.7 Å². The molecule has 0 spiro atoms. The summed E-state index contributed by atoms with van der Waals surface area (Å²) >= 11 is 0. The molecule has 0 fully saturated rings. The van der Waals surface area contributed by atoms with Crippen molar-refractivity contribution in [1.82, 2.24) is 4.98 Å². The summed E-state index contributed by atoms with van der Waals surface area (Å²) < 4.78 is 5.08. The second-order valence-electron chi connectivity index (χ2n) is 5.47. The van der Waals surface area contributed by atoms with Gasteiger partial charge < -0.3 is 15.4 Å². The monoisotopic (exact) mass is 347 g/mol. The third-order valence-electron chi connectivity index (χ3n) is 3.64. The maximum atomic E-state index is 12.4. The molecule has 0 atom stereocenters. The normalized spacial score (nSPS) is 10.0. The van der Waals surface area contributed by atoms with Crippen LogP contribution in [0.2, 0.25) is 0 Å². The van der Waals surface area contributed by atoms with Crippen LogP contribution in [0.5, 0.6) is 5.75 Å². The Kier molecular flexibility index (Phi) is 5.24. The van der Waals surface area contributed by atoms with Crippen molar-refractivity contribution in [3.05, 3.63) is 84.2 Å². The fraction of sp³-hybridized carbons (Fsp3) is 0.0500. The Balaban J connectivity index is 1.71. The summed E-state index contributed by atoms with van der Waals surface area (Å²) in [5.74, 6) is 0.0177. The van der Waals surface area contributed by atoms with E-state index >= 15 is 0 Å². The SMILES string of the molecule is COc1ccc(NC(=O)c2cncc(C(=O)Nc3ccccc3)c2)cc1. The van der Waals surface area contributed by atoms with E-state index in [9.17, 15) is 9.59 Å². The minimum absolute atomic E-state index is 0.293. The molecule has 0 aliphatic rings. The van der Waals surface area contributed by atoms with Gasteiger partial charge in [-0.25, -0.2) is 0 Å². The number of amides is 2. The molecule has 2 N–H and O–H groups in total. The zero-order valence-corrected chi connectivity index (χ0v) is 14.1. The molecule has 2 aromatic carbocycles. The lowest BCUT2D eigenvalue weighted by atomic mass is 10.1. The summed E-state index contributed by atoms with van der Waals surface area (Å²) in [5, 5.41) is 5.52. The molecule has 0 aliphatic carbocycles. The molecule has 1 aromatic heterocycles. The molecule has 0 aliphatic heterocycles. The number of anilines is 2. The first kappa shape index (κ1) is 17.2. The number of hydrogen-bond acceptors (Lipinski definition) is 4. The van der Waals surface area contributed by atoms with Crippen LogP contribution >= 0.6 is 0 Å². The molecule has 0 bridgehead atoms. The van der Waals surface area contributed by atoms with E-state index in [1.165, 1.54) is 18.5 Å². The number of carbonyl (C=O) groups excluding carboxylic acids is 2. The average Bonchev–Trinajstić information content (AvgIpc) is 2.69. The van der Waals surface area contributed by atoms with Crippen molar-refractivity contribution in [1.29, 1.82) is 0 Å². The number of rotatable bonds is 5. The summed E-state index contributed by atoms with van der Waals surface area (Å²) in [7, 11) is 1.57. The van der Waals surface area contributed by atoms with E-state index in [2.05, 4.69) is 15.6 Å². The lowest BCUT2D eigenvalue weighted by molar-refractivity contribution is 0.102. The number of hydrogen-bond donors (Lipinski definition) is 2. The summed E-state index contributed by atoms with van der Waals surface area (Å²) in [5.41, 5.74) is 1.89. The molecule has 0 unspecified atom stereocenters. The van der Waals surface area contributed by atoms with Gasteiger partial charge in [-0.1, -0.05) is 18.2 Å². The highest BCUT2D eigenvalue weighted by Crippen LogP contribution is 2.16. The maximum absolute atomic E-state index is 12.4. The smallest absolute Gasteiger partial charge is 0.257 e. The summed E-state index contributed by atoms with van der Waals surface area (Å²) in [6, 6.07) is 17.5. The Morgan fingerprint density at radius 3 is 1.88 bits per heavy atom. The van der Waals surface area contributed by atoms with E-state index in [-0.39, 0.29) is 11.8 Å². The number of nitrogens with zero attached hydrogens (tertiary/aromatic N) is 1. The van der Waals surface area contributed by atoms with E-state index in [4.69, 9.17) is 4.74 Å². The Bertz CT molecular complexity index is 909. The molecule has 3 rings (SSSR count). The Morgan fingerprint density at radius 1 is 0.808 bits per heavy atom. The Labute approximate surface area is 150 Å². The highest BCUT2D eigenvalue weighted by atomic mass is 16.5. The first-order valence-corrected chi connectivity index (χ1v) is 7.92. The van der Waals surface area contributed by atoms with E-state index < -0.39 is 0 Å². The third kappa shape index (κ3) is 4.24. The van der Waals surface area contributed by atoms with Gasteiger partial charge in [-0.3, -0.25) is 14.6 Å². The van der Waals surface area contributed by atoms with Gasteiger partial charge in [-0.15, -0.1) is 0 Å². The summed E-state index contributed by atoms with van der Waals surface area (Å²) in [6.45, 7) is 0. The number of nitrogens with one attached hydrogen (secondary N) is 2. The average molecular weight is 347 g/mol. The van der Waals surface area contributed by atoms with Crippen molar-refractivity contribution in [2.75, 3.05) is 17.7 Å². The van der Waals surface area contributed by atoms with Crippen LogP contribution in [-0.4, -0.2) is 23.9 Å². The number of ether oxygens (including phenoxy) is 1. The van der Waals surface area contributed by atoms with Gasteiger partial charge >= 0.3 is 0 Å². The first-order valence-electron chi connectivity index (χ1n) is 7.92. The molecule has 0 radical (unpaired) electrons. The molecule has 130 valence electrons. The lowest BCUT2D eigenvalue weighted by Crippen LogP contribution is -2.16. The van der Waals surface area contributed by atoms with Crippen molar-refractivity contribution in [3.63, 3.8) is 0 Å². The third-order valence-corrected chi connectivity index (χ3v) is 3.64. The number of methoxy groups -OCH3 is 1. The number of aromatic nitrogens is 1. The fourth-order valence-corrected chi connectivity index (χ4v) is 2.29. The molecule has 3 aromatic rings. The van der Waals surface area contributed by atoms with Crippen molar-refractivity contribution in [2.24, 2.45) is 0 Å². The molecular formula is C20H17N3O3. The summed E-state index contributed by atoms with van der Waals surface area (Å²) in [6.07, 6.45) is 2.83. The van der Waals surface area contributed by atoms with Crippen LogP contribution in [0.4, 0.5) is 11.4 Å². The molecular weight excluding hydrogens is 330 g/mol. The Morgan fingerprint density at radius 2 is 1.35 bits per heavy atom. The molecule has 2 amide bonds. The van der Waals surface area contributed by atoms with Gasteiger partial charge in [0.25, 0.3) is 11.8 Å². The number of carbonyl (C=O) groups is 2. The molecule has 0 saturated carbocycles. The predicted molar refractivity (Wildman–Crippen MR) is 99.6 cm³/mol. The van der Waals surface area contributed by atoms with Crippen molar-refractivity contribution in [3.8, 4) is 5.75 Å². The largest absolute Gasteiger partial charge is 0.497 e.